The molecule has 0 saturated carbocycles. The Balaban J connectivity index is 1.68. The lowest BCUT2D eigenvalue weighted by Gasteiger charge is -2.20. The molecule has 108 valence electrons. The molecule has 2 amide bonds. The van der Waals surface area contributed by atoms with E-state index in [4.69, 9.17) is 0 Å². The summed E-state index contributed by atoms with van der Waals surface area (Å²) in [4.78, 5) is 29.4. The molecule has 0 aromatic carbocycles. The lowest BCUT2D eigenvalue weighted by Crippen LogP contribution is -2.34. The molecule has 1 fully saturated rings. The van der Waals surface area contributed by atoms with Crippen molar-refractivity contribution in [3.05, 3.63) is 30.1 Å². The minimum absolute atomic E-state index is 0.111. The van der Waals surface area contributed by atoms with Crippen LogP contribution in [0.4, 0.5) is 0 Å². The van der Waals surface area contributed by atoms with Crippen molar-refractivity contribution in [2.75, 3.05) is 19.6 Å². The van der Waals surface area contributed by atoms with Crippen LogP contribution in [0.25, 0.3) is 0 Å². The lowest BCUT2D eigenvalue weighted by atomic mass is 10.2. The van der Waals surface area contributed by atoms with Crippen molar-refractivity contribution < 1.29 is 9.59 Å². The van der Waals surface area contributed by atoms with Gasteiger partial charge < -0.3 is 10.2 Å². The van der Waals surface area contributed by atoms with E-state index in [1.165, 1.54) is 0 Å². The van der Waals surface area contributed by atoms with Gasteiger partial charge in [-0.1, -0.05) is 6.42 Å². The number of carbonyl (C=O) groups is 2. The molecule has 5 nitrogen and oxygen atoms in total. The molecule has 1 aliphatic heterocycles. The van der Waals surface area contributed by atoms with E-state index in [0.29, 0.717) is 18.5 Å². The molecule has 2 rings (SSSR count). The van der Waals surface area contributed by atoms with Crippen molar-refractivity contribution >= 4 is 11.8 Å². The third-order valence-corrected chi connectivity index (χ3v) is 3.49. The number of carbonyl (C=O) groups excluding carboxylic acids is 2. The summed E-state index contributed by atoms with van der Waals surface area (Å²) in [6, 6.07) is 3.48. The summed E-state index contributed by atoms with van der Waals surface area (Å²) in [6.45, 7) is 2.17. The van der Waals surface area contributed by atoms with E-state index < -0.39 is 0 Å². The predicted molar refractivity (Wildman–Crippen MR) is 76.2 cm³/mol. The van der Waals surface area contributed by atoms with Crippen LogP contribution in [-0.2, 0) is 4.79 Å². The summed E-state index contributed by atoms with van der Waals surface area (Å²) in [5, 5.41) is 2.85. The number of hydrogen-bond donors (Lipinski definition) is 1. The lowest BCUT2D eigenvalue weighted by molar-refractivity contribution is -0.130. The summed E-state index contributed by atoms with van der Waals surface area (Å²) in [7, 11) is 0. The summed E-state index contributed by atoms with van der Waals surface area (Å²) >= 11 is 0. The molecular weight excluding hydrogens is 254 g/mol. The van der Waals surface area contributed by atoms with E-state index >= 15 is 0 Å². The van der Waals surface area contributed by atoms with Crippen molar-refractivity contribution in [2.45, 2.75) is 32.1 Å². The van der Waals surface area contributed by atoms with Crippen molar-refractivity contribution in [3.63, 3.8) is 0 Å². The first-order valence-electron chi connectivity index (χ1n) is 7.23. The standard InChI is InChI=1S/C15H21N3O2/c19-14-7-2-1-3-10-18(14)11-5-9-17-15(20)13-6-4-8-16-12-13/h4,6,8,12H,1-3,5,7,9-11H2,(H,17,20). The van der Waals surface area contributed by atoms with E-state index in [9.17, 15) is 9.59 Å². The van der Waals surface area contributed by atoms with Gasteiger partial charge in [0.2, 0.25) is 5.91 Å². The van der Waals surface area contributed by atoms with Gasteiger partial charge >= 0.3 is 0 Å². The second kappa shape index (κ2) is 7.62. The fourth-order valence-corrected chi connectivity index (χ4v) is 2.35. The number of nitrogens with zero attached hydrogens (tertiary/aromatic N) is 2. The Morgan fingerprint density at radius 3 is 3.05 bits per heavy atom. The zero-order valence-corrected chi connectivity index (χ0v) is 11.7. The number of hydrogen-bond acceptors (Lipinski definition) is 3. The van der Waals surface area contributed by atoms with Gasteiger partial charge in [-0.25, -0.2) is 0 Å². The van der Waals surface area contributed by atoms with E-state index in [0.717, 1.165) is 38.8 Å². The first-order chi connectivity index (χ1) is 9.77. The van der Waals surface area contributed by atoms with E-state index in [2.05, 4.69) is 10.3 Å². The van der Waals surface area contributed by atoms with Gasteiger partial charge in [0, 0.05) is 38.4 Å². The van der Waals surface area contributed by atoms with E-state index in [-0.39, 0.29) is 11.8 Å². The summed E-state index contributed by atoms with van der Waals surface area (Å²) in [5.41, 5.74) is 0.568. The number of amides is 2. The highest BCUT2D eigenvalue weighted by molar-refractivity contribution is 5.93. The fraction of sp³-hybridized carbons (Fsp3) is 0.533. The molecule has 1 aromatic rings. The van der Waals surface area contributed by atoms with Gasteiger partial charge in [0.15, 0.2) is 0 Å². The van der Waals surface area contributed by atoms with Crippen LogP contribution in [0.2, 0.25) is 0 Å². The molecule has 2 heterocycles. The molecule has 0 spiro atoms. The highest BCUT2D eigenvalue weighted by Crippen LogP contribution is 2.11. The largest absolute Gasteiger partial charge is 0.352 e. The average Bonchev–Trinajstić information content (AvgIpc) is 2.69. The average molecular weight is 275 g/mol. The Bertz CT molecular complexity index is 448. The van der Waals surface area contributed by atoms with Crippen molar-refractivity contribution in [2.24, 2.45) is 0 Å². The molecular formula is C15H21N3O2. The number of rotatable bonds is 5. The Kier molecular flexibility index (Phi) is 5.53. The summed E-state index contributed by atoms with van der Waals surface area (Å²) in [5.74, 6) is 0.140. The van der Waals surface area contributed by atoms with Crippen molar-refractivity contribution in [3.8, 4) is 0 Å². The molecule has 1 saturated heterocycles. The maximum absolute atomic E-state index is 11.8. The predicted octanol–water partition coefficient (Wildman–Crippen LogP) is 1.60. The van der Waals surface area contributed by atoms with Crippen LogP contribution < -0.4 is 5.32 Å². The molecule has 20 heavy (non-hydrogen) atoms. The number of pyridine rings is 1. The van der Waals surface area contributed by atoms with Crippen molar-refractivity contribution in [1.29, 1.82) is 0 Å². The zero-order chi connectivity index (χ0) is 14.2. The quantitative estimate of drug-likeness (QED) is 0.830. The third kappa shape index (κ3) is 4.33. The number of likely N-dealkylation sites (tertiary alicyclic amines) is 1. The van der Waals surface area contributed by atoms with Gasteiger partial charge in [0.25, 0.3) is 5.91 Å². The molecule has 0 atom stereocenters. The molecule has 5 heteroatoms. The van der Waals surface area contributed by atoms with Crippen LogP contribution >= 0.6 is 0 Å². The van der Waals surface area contributed by atoms with E-state index in [1.54, 1.807) is 24.5 Å². The Morgan fingerprint density at radius 1 is 1.35 bits per heavy atom. The van der Waals surface area contributed by atoms with Gasteiger partial charge in [-0.3, -0.25) is 14.6 Å². The molecule has 1 N–H and O–H groups in total. The van der Waals surface area contributed by atoms with Crippen LogP contribution in [0.3, 0.4) is 0 Å². The summed E-state index contributed by atoms with van der Waals surface area (Å²) < 4.78 is 0. The molecule has 0 bridgehead atoms. The van der Waals surface area contributed by atoms with Gasteiger partial charge in [-0.2, -0.15) is 0 Å². The molecule has 0 radical (unpaired) electrons. The first kappa shape index (κ1) is 14.5. The second-order valence-corrected chi connectivity index (χ2v) is 5.04. The SMILES string of the molecule is O=C(NCCCN1CCCCCC1=O)c1cccnc1. The highest BCUT2D eigenvalue weighted by Gasteiger charge is 2.15. The van der Waals surface area contributed by atoms with Crippen molar-refractivity contribution in [1.82, 2.24) is 15.2 Å². The number of aromatic nitrogens is 1. The maximum Gasteiger partial charge on any atom is 0.252 e. The van der Waals surface area contributed by atoms with Crippen LogP contribution in [-0.4, -0.2) is 41.3 Å². The fourth-order valence-electron chi connectivity index (χ4n) is 2.35. The van der Waals surface area contributed by atoms with Gasteiger partial charge in [-0.05, 0) is 31.4 Å². The molecule has 0 aliphatic carbocycles. The van der Waals surface area contributed by atoms with Crippen LogP contribution in [0, 0.1) is 0 Å². The van der Waals surface area contributed by atoms with E-state index in [1.807, 2.05) is 4.90 Å². The third-order valence-electron chi connectivity index (χ3n) is 3.49. The minimum Gasteiger partial charge on any atom is -0.352 e. The second-order valence-electron chi connectivity index (χ2n) is 5.04. The van der Waals surface area contributed by atoms with Gasteiger partial charge in [0.05, 0.1) is 5.56 Å². The Hall–Kier alpha value is -1.91. The first-order valence-corrected chi connectivity index (χ1v) is 7.23. The Morgan fingerprint density at radius 2 is 2.25 bits per heavy atom. The van der Waals surface area contributed by atoms with Crippen LogP contribution in [0.15, 0.2) is 24.5 Å². The van der Waals surface area contributed by atoms with Gasteiger partial charge in [0.1, 0.15) is 0 Å². The minimum atomic E-state index is -0.111. The van der Waals surface area contributed by atoms with Gasteiger partial charge in [-0.15, -0.1) is 0 Å². The number of nitrogens with one attached hydrogen (secondary N) is 1. The molecule has 1 aliphatic rings. The maximum atomic E-state index is 11.8. The summed E-state index contributed by atoms with van der Waals surface area (Å²) in [6.07, 6.45) is 7.88. The smallest absolute Gasteiger partial charge is 0.252 e. The normalized spacial score (nSPS) is 15.8. The Labute approximate surface area is 119 Å². The molecule has 0 unspecified atom stereocenters. The monoisotopic (exact) mass is 275 g/mol. The zero-order valence-electron chi connectivity index (χ0n) is 11.7. The van der Waals surface area contributed by atoms with Crippen LogP contribution in [0.1, 0.15) is 42.5 Å². The topological polar surface area (TPSA) is 62.3 Å². The highest BCUT2D eigenvalue weighted by atomic mass is 16.2. The van der Waals surface area contributed by atoms with Crippen LogP contribution in [0.5, 0.6) is 0 Å². The molecule has 1 aromatic heterocycles.